The molecule has 21 heavy (non-hydrogen) atoms. The second kappa shape index (κ2) is 6.75. The Morgan fingerprint density at radius 1 is 1.38 bits per heavy atom. The lowest BCUT2D eigenvalue weighted by molar-refractivity contribution is 0.106. The minimum Gasteiger partial charge on any atom is -0.378 e. The highest BCUT2D eigenvalue weighted by Crippen LogP contribution is 2.26. The van der Waals surface area contributed by atoms with E-state index in [9.17, 15) is 12.8 Å². The molecule has 0 aromatic heterocycles. The molecule has 118 valence electrons. The molecule has 1 saturated heterocycles. The van der Waals surface area contributed by atoms with Crippen molar-refractivity contribution in [2.45, 2.75) is 44.5 Å². The van der Waals surface area contributed by atoms with Crippen LogP contribution >= 0.6 is 0 Å². The molecule has 0 amide bonds. The Morgan fingerprint density at radius 3 is 2.67 bits per heavy atom. The number of rotatable bonds is 6. The van der Waals surface area contributed by atoms with Gasteiger partial charge in [0.25, 0.3) is 0 Å². The lowest BCUT2D eigenvalue weighted by atomic mass is 10.2. The van der Waals surface area contributed by atoms with Crippen LogP contribution in [0.25, 0.3) is 0 Å². The van der Waals surface area contributed by atoms with Gasteiger partial charge in [-0.2, -0.15) is 0 Å². The van der Waals surface area contributed by atoms with E-state index < -0.39 is 21.1 Å². The molecule has 0 unspecified atom stereocenters. The topological polar surface area (TPSA) is 46.6 Å². The minimum absolute atomic E-state index is 0.0710. The summed E-state index contributed by atoms with van der Waals surface area (Å²) in [6.07, 6.45) is 2.59. The van der Waals surface area contributed by atoms with E-state index in [-0.39, 0.29) is 18.3 Å². The normalized spacial score (nSPS) is 19.1. The molecule has 6 heteroatoms. The molecule has 1 atom stereocenters. The zero-order valence-corrected chi connectivity index (χ0v) is 13.3. The molecular weight excluding hydrogens is 293 g/mol. The molecule has 0 bridgehead atoms. The highest BCUT2D eigenvalue weighted by Gasteiger charge is 2.29. The minimum atomic E-state index is -3.57. The quantitative estimate of drug-likeness (QED) is 0.811. The van der Waals surface area contributed by atoms with Gasteiger partial charge in [-0.05, 0) is 45.2 Å². The fourth-order valence-corrected chi connectivity index (χ4v) is 3.72. The molecule has 1 aromatic rings. The molecule has 1 fully saturated rings. The van der Waals surface area contributed by atoms with Gasteiger partial charge in [0.05, 0.1) is 17.0 Å². The maximum absolute atomic E-state index is 14.0. The lowest BCUT2D eigenvalue weighted by Crippen LogP contribution is -2.38. The molecule has 1 aliphatic rings. The van der Waals surface area contributed by atoms with Crippen LogP contribution in [-0.2, 0) is 14.8 Å². The summed E-state index contributed by atoms with van der Waals surface area (Å²) in [5, 5.41) is -0.596. The van der Waals surface area contributed by atoms with E-state index in [0.29, 0.717) is 6.42 Å². The monoisotopic (exact) mass is 315 g/mol. The second-order valence-corrected chi connectivity index (χ2v) is 7.95. The van der Waals surface area contributed by atoms with Gasteiger partial charge in [-0.3, -0.25) is 4.31 Å². The fraction of sp³-hybridized carbons (Fsp3) is 0.600. The molecule has 0 N–H and O–H groups in total. The largest absolute Gasteiger partial charge is 0.378 e. The van der Waals surface area contributed by atoms with Gasteiger partial charge in [0.2, 0.25) is 10.0 Å². The van der Waals surface area contributed by atoms with Crippen molar-refractivity contribution in [3.63, 3.8) is 0 Å². The summed E-state index contributed by atoms with van der Waals surface area (Å²) >= 11 is 0. The van der Waals surface area contributed by atoms with Gasteiger partial charge in [0.15, 0.2) is 0 Å². The Hall–Kier alpha value is -1.14. The van der Waals surface area contributed by atoms with Crippen molar-refractivity contribution in [3.8, 4) is 0 Å². The maximum atomic E-state index is 14.0. The average Bonchev–Trinajstić information content (AvgIpc) is 2.93. The number of sulfonamides is 1. The van der Waals surface area contributed by atoms with Crippen LogP contribution in [0.4, 0.5) is 10.1 Å². The number of anilines is 1. The molecule has 4 nitrogen and oxygen atoms in total. The molecule has 2 rings (SSSR count). The van der Waals surface area contributed by atoms with Crippen molar-refractivity contribution < 1.29 is 17.5 Å². The number of hydrogen-bond donors (Lipinski definition) is 0. The third kappa shape index (κ3) is 3.74. The molecule has 0 radical (unpaired) electrons. The Balaban J connectivity index is 2.24. The van der Waals surface area contributed by atoms with E-state index in [0.717, 1.165) is 19.4 Å². The van der Waals surface area contributed by atoms with Gasteiger partial charge in [0.1, 0.15) is 5.82 Å². The molecule has 0 saturated carbocycles. The standard InChI is InChI=1S/C15H22FNO3S/c1-12(2)21(18,19)17(10-9-13-6-5-11-20-13)15-8-4-3-7-14(15)16/h3-4,7-8,12-13H,5-6,9-11H2,1-2H3/t13-/m0/s1. The predicted octanol–water partition coefficient (Wildman–Crippen LogP) is 2.94. The van der Waals surface area contributed by atoms with E-state index in [4.69, 9.17) is 4.74 Å². The van der Waals surface area contributed by atoms with E-state index >= 15 is 0 Å². The lowest BCUT2D eigenvalue weighted by Gasteiger charge is -2.27. The van der Waals surface area contributed by atoms with Gasteiger partial charge in [0, 0.05) is 13.2 Å². The zero-order valence-electron chi connectivity index (χ0n) is 12.5. The number of hydrogen-bond acceptors (Lipinski definition) is 3. The third-order valence-electron chi connectivity index (χ3n) is 3.70. The van der Waals surface area contributed by atoms with Gasteiger partial charge in [-0.25, -0.2) is 12.8 Å². The summed E-state index contributed by atoms with van der Waals surface area (Å²) in [7, 11) is -3.57. The van der Waals surface area contributed by atoms with E-state index in [1.807, 2.05) is 0 Å². The summed E-state index contributed by atoms with van der Waals surface area (Å²) in [5.74, 6) is -0.519. The van der Waals surface area contributed by atoms with Crippen LogP contribution in [0.1, 0.15) is 33.1 Å². The molecular formula is C15H22FNO3S. The summed E-state index contributed by atoms with van der Waals surface area (Å²) < 4.78 is 45.7. The van der Waals surface area contributed by atoms with Crippen LogP contribution in [0.15, 0.2) is 24.3 Å². The Kier molecular flexibility index (Phi) is 5.22. The maximum Gasteiger partial charge on any atom is 0.237 e. The van der Waals surface area contributed by atoms with Gasteiger partial charge < -0.3 is 4.74 Å². The first-order chi connectivity index (χ1) is 9.93. The van der Waals surface area contributed by atoms with Crippen molar-refractivity contribution in [2.75, 3.05) is 17.5 Å². The van der Waals surface area contributed by atoms with E-state index in [1.54, 1.807) is 26.0 Å². The Morgan fingerprint density at radius 2 is 2.10 bits per heavy atom. The van der Waals surface area contributed by atoms with Crippen LogP contribution < -0.4 is 4.31 Å². The fourth-order valence-electron chi connectivity index (χ4n) is 2.43. The molecule has 0 aliphatic carbocycles. The van der Waals surface area contributed by atoms with Crippen LogP contribution in [-0.4, -0.2) is 32.9 Å². The molecule has 1 aromatic carbocycles. The first kappa shape index (κ1) is 16.2. The first-order valence-corrected chi connectivity index (χ1v) is 8.81. The van der Waals surface area contributed by atoms with E-state index in [2.05, 4.69) is 0 Å². The number of halogens is 1. The highest BCUT2D eigenvalue weighted by atomic mass is 32.2. The van der Waals surface area contributed by atoms with Gasteiger partial charge in [-0.1, -0.05) is 12.1 Å². The predicted molar refractivity (Wildman–Crippen MR) is 81.4 cm³/mol. The number of para-hydroxylation sites is 1. The second-order valence-electron chi connectivity index (χ2n) is 5.54. The SMILES string of the molecule is CC(C)S(=O)(=O)N(CC[C@@H]1CCCO1)c1ccccc1F. The van der Waals surface area contributed by atoms with Gasteiger partial charge >= 0.3 is 0 Å². The van der Waals surface area contributed by atoms with Crippen molar-refractivity contribution >= 4 is 15.7 Å². The van der Waals surface area contributed by atoms with Crippen LogP contribution in [0.5, 0.6) is 0 Å². The highest BCUT2D eigenvalue weighted by molar-refractivity contribution is 7.93. The van der Waals surface area contributed by atoms with Crippen LogP contribution in [0.3, 0.4) is 0 Å². The van der Waals surface area contributed by atoms with Gasteiger partial charge in [-0.15, -0.1) is 0 Å². The van der Waals surface area contributed by atoms with Crippen LogP contribution in [0, 0.1) is 5.82 Å². The Labute approximate surface area is 126 Å². The number of benzene rings is 1. The number of nitrogens with zero attached hydrogens (tertiary/aromatic N) is 1. The molecule has 1 heterocycles. The summed E-state index contributed by atoms with van der Waals surface area (Å²) in [6.45, 7) is 4.18. The number of ether oxygens (including phenoxy) is 1. The van der Waals surface area contributed by atoms with Crippen LogP contribution in [0.2, 0.25) is 0 Å². The summed E-state index contributed by atoms with van der Waals surface area (Å²) in [4.78, 5) is 0. The summed E-state index contributed by atoms with van der Waals surface area (Å²) in [5.41, 5.74) is 0.115. The average molecular weight is 315 g/mol. The zero-order chi connectivity index (χ0) is 15.5. The van der Waals surface area contributed by atoms with Crippen molar-refractivity contribution in [2.24, 2.45) is 0 Å². The Bertz CT molecular complexity index is 568. The smallest absolute Gasteiger partial charge is 0.237 e. The van der Waals surface area contributed by atoms with Crippen molar-refractivity contribution in [1.82, 2.24) is 0 Å². The summed E-state index contributed by atoms with van der Waals surface area (Å²) in [6, 6.07) is 5.99. The van der Waals surface area contributed by atoms with E-state index in [1.165, 1.54) is 16.4 Å². The molecule has 1 aliphatic heterocycles. The van der Waals surface area contributed by atoms with Crippen molar-refractivity contribution in [1.29, 1.82) is 0 Å². The third-order valence-corrected chi connectivity index (χ3v) is 5.89. The van der Waals surface area contributed by atoms with Crippen molar-refractivity contribution in [3.05, 3.63) is 30.1 Å². The molecule has 0 spiro atoms. The first-order valence-electron chi connectivity index (χ1n) is 7.30.